The number of oxime groups is 2. The lowest BCUT2D eigenvalue weighted by Gasteiger charge is -1.99. The molecule has 0 fully saturated rings. The van der Waals surface area contributed by atoms with Crippen molar-refractivity contribution in [3.8, 4) is 11.8 Å². The third kappa shape index (κ3) is 6.32. The third-order valence-corrected chi connectivity index (χ3v) is 3.27. The van der Waals surface area contributed by atoms with Gasteiger partial charge in [-0.2, -0.15) is 9.13 Å². The second kappa shape index (κ2) is 11.3. The van der Waals surface area contributed by atoms with E-state index in [1.54, 1.807) is 21.3 Å². The molecule has 0 saturated heterocycles. The van der Waals surface area contributed by atoms with Crippen molar-refractivity contribution in [1.82, 2.24) is 0 Å². The highest BCUT2D eigenvalue weighted by molar-refractivity contribution is 5.74. The fourth-order valence-corrected chi connectivity index (χ4v) is 2.06. The molecule has 0 atom stereocenters. The molecule has 0 aliphatic carbocycles. The maximum Gasteiger partial charge on any atom is 0.254 e. The van der Waals surface area contributed by atoms with Gasteiger partial charge in [0.25, 0.3) is 13.5 Å². The standard InChI is InChI=1S/C18H18N4O4/c23-19-13-17-7-1-3-9-21(17)15-25-11-5-6-12-26-16-22-10-4-2-8-18(22)14-20-24/h1-4,7-10,13-14H,11-12,15-16H2/p+2. The van der Waals surface area contributed by atoms with Gasteiger partial charge >= 0.3 is 0 Å². The summed E-state index contributed by atoms with van der Waals surface area (Å²) in [6, 6.07) is 11.0. The van der Waals surface area contributed by atoms with E-state index >= 15 is 0 Å². The summed E-state index contributed by atoms with van der Waals surface area (Å²) in [4.78, 5) is 0. The van der Waals surface area contributed by atoms with Crippen LogP contribution in [0.1, 0.15) is 11.4 Å². The van der Waals surface area contributed by atoms with Crippen LogP contribution in [-0.4, -0.2) is 36.1 Å². The van der Waals surface area contributed by atoms with Crippen molar-refractivity contribution >= 4 is 12.4 Å². The quantitative estimate of drug-likeness (QED) is 0.180. The summed E-state index contributed by atoms with van der Waals surface area (Å²) in [6.07, 6.45) is 6.30. The molecule has 0 unspecified atom stereocenters. The molecule has 0 aliphatic heterocycles. The highest BCUT2D eigenvalue weighted by Crippen LogP contribution is 1.89. The van der Waals surface area contributed by atoms with Crippen LogP contribution in [0.15, 0.2) is 59.1 Å². The van der Waals surface area contributed by atoms with E-state index in [9.17, 15) is 0 Å². The first-order chi connectivity index (χ1) is 12.8. The van der Waals surface area contributed by atoms with E-state index in [0.717, 1.165) is 0 Å². The zero-order chi connectivity index (χ0) is 18.5. The Kier molecular flexibility index (Phi) is 8.28. The van der Waals surface area contributed by atoms with Crippen LogP contribution in [0.2, 0.25) is 0 Å². The Morgan fingerprint density at radius 3 is 1.69 bits per heavy atom. The molecule has 0 aliphatic rings. The Balaban J connectivity index is 1.70. The summed E-state index contributed by atoms with van der Waals surface area (Å²) in [5.41, 5.74) is 1.43. The van der Waals surface area contributed by atoms with Gasteiger partial charge in [0.15, 0.2) is 12.4 Å². The minimum atomic E-state index is 0.252. The molecule has 26 heavy (non-hydrogen) atoms. The summed E-state index contributed by atoms with van der Waals surface area (Å²) >= 11 is 0. The van der Waals surface area contributed by atoms with Gasteiger partial charge in [0, 0.05) is 24.3 Å². The highest BCUT2D eigenvalue weighted by atomic mass is 16.5. The summed E-state index contributed by atoms with van der Waals surface area (Å²) in [6.45, 7) is 1.09. The van der Waals surface area contributed by atoms with E-state index < -0.39 is 0 Å². The number of pyridine rings is 2. The Morgan fingerprint density at radius 2 is 1.27 bits per heavy atom. The van der Waals surface area contributed by atoms with Crippen LogP contribution in [0.5, 0.6) is 0 Å². The van der Waals surface area contributed by atoms with Crippen molar-refractivity contribution in [2.24, 2.45) is 10.3 Å². The molecule has 8 heteroatoms. The molecule has 2 aromatic rings. The average molecular weight is 356 g/mol. The van der Waals surface area contributed by atoms with Crippen molar-refractivity contribution in [2.75, 3.05) is 13.2 Å². The molecule has 0 saturated carbocycles. The van der Waals surface area contributed by atoms with E-state index in [1.807, 2.05) is 36.7 Å². The zero-order valence-electron chi connectivity index (χ0n) is 14.1. The van der Waals surface area contributed by atoms with E-state index in [-0.39, 0.29) is 13.2 Å². The normalized spacial score (nSPS) is 10.9. The van der Waals surface area contributed by atoms with E-state index in [0.29, 0.717) is 24.8 Å². The minimum Gasteiger partial charge on any atom is -0.411 e. The molecule has 0 spiro atoms. The van der Waals surface area contributed by atoms with Crippen molar-refractivity contribution in [3.63, 3.8) is 0 Å². The topological polar surface area (TPSA) is 91.4 Å². The molecule has 2 heterocycles. The smallest absolute Gasteiger partial charge is 0.254 e. The van der Waals surface area contributed by atoms with Gasteiger partial charge in [-0.3, -0.25) is 0 Å². The van der Waals surface area contributed by atoms with Gasteiger partial charge < -0.3 is 19.9 Å². The maximum atomic E-state index is 8.62. The van der Waals surface area contributed by atoms with E-state index in [1.165, 1.54) is 12.4 Å². The summed E-state index contributed by atoms with van der Waals surface area (Å²) < 4.78 is 14.5. The Morgan fingerprint density at radius 1 is 0.808 bits per heavy atom. The van der Waals surface area contributed by atoms with Crippen molar-refractivity contribution in [3.05, 3.63) is 60.2 Å². The largest absolute Gasteiger partial charge is 0.411 e. The van der Waals surface area contributed by atoms with Crippen molar-refractivity contribution in [1.29, 1.82) is 0 Å². The molecule has 0 bridgehead atoms. The van der Waals surface area contributed by atoms with Crippen LogP contribution in [0, 0.1) is 11.8 Å². The zero-order valence-corrected chi connectivity index (χ0v) is 14.1. The van der Waals surface area contributed by atoms with Gasteiger partial charge in [-0.25, -0.2) is 0 Å². The first kappa shape index (κ1) is 19.1. The van der Waals surface area contributed by atoms with Gasteiger partial charge in [0.05, 0.1) is 0 Å². The molecule has 0 aromatic carbocycles. The van der Waals surface area contributed by atoms with E-state index in [4.69, 9.17) is 19.9 Å². The predicted octanol–water partition coefficient (Wildman–Crippen LogP) is 0.530. The molecule has 0 radical (unpaired) electrons. The number of hydrogen-bond donors (Lipinski definition) is 2. The Bertz CT molecular complexity index is 747. The first-order valence-corrected chi connectivity index (χ1v) is 7.78. The summed E-state index contributed by atoms with van der Waals surface area (Å²) in [5.74, 6) is 5.73. The molecule has 2 N–H and O–H groups in total. The number of ether oxygens (including phenoxy) is 2. The van der Waals surface area contributed by atoms with Crippen LogP contribution in [0.25, 0.3) is 0 Å². The number of rotatable bonds is 8. The molecule has 134 valence electrons. The fraction of sp³-hybridized carbons (Fsp3) is 0.222. The average Bonchev–Trinajstić information content (AvgIpc) is 2.67. The second-order valence-electron chi connectivity index (χ2n) is 4.99. The van der Waals surface area contributed by atoms with Gasteiger partial charge in [0.1, 0.15) is 25.6 Å². The monoisotopic (exact) mass is 356 g/mol. The lowest BCUT2D eigenvalue weighted by molar-refractivity contribution is -0.733. The maximum absolute atomic E-state index is 8.62. The summed E-state index contributed by atoms with van der Waals surface area (Å²) in [7, 11) is 0. The van der Waals surface area contributed by atoms with Gasteiger partial charge in [-0.05, 0) is 12.1 Å². The highest BCUT2D eigenvalue weighted by Gasteiger charge is 2.07. The first-order valence-electron chi connectivity index (χ1n) is 7.78. The lowest BCUT2D eigenvalue weighted by atomic mass is 10.3. The molecule has 8 nitrogen and oxygen atoms in total. The Hall–Kier alpha value is -3.28. The molecular formula is C18H20N4O4+2. The van der Waals surface area contributed by atoms with Gasteiger partial charge in [-0.15, -0.1) is 0 Å². The fourth-order valence-electron chi connectivity index (χ4n) is 2.06. The molecule has 2 aromatic heterocycles. The number of hydrogen-bond acceptors (Lipinski definition) is 6. The minimum absolute atomic E-state index is 0.252. The third-order valence-electron chi connectivity index (χ3n) is 3.27. The summed E-state index contributed by atoms with van der Waals surface area (Å²) in [5, 5.41) is 23.3. The van der Waals surface area contributed by atoms with Crippen molar-refractivity contribution in [2.45, 2.75) is 13.5 Å². The second-order valence-corrected chi connectivity index (χ2v) is 4.99. The van der Waals surface area contributed by atoms with Crippen LogP contribution in [0.3, 0.4) is 0 Å². The Labute approximate surface area is 151 Å². The van der Waals surface area contributed by atoms with Crippen LogP contribution in [0.4, 0.5) is 0 Å². The molecule has 2 rings (SSSR count). The van der Waals surface area contributed by atoms with Crippen LogP contribution in [-0.2, 0) is 22.9 Å². The van der Waals surface area contributed by atoms with Crippen LogP contribution < -0.4 is 9.13 Å². The van der Waals surface area contributed by atoms with Gasteiger partial charge in [0.2, 0.25) is 11.4 Å². The molecule has 0 amide bonds. The molecular weight excluding hydrogens is 336 g/mol. The van der Waals surface area contributed by atoms with Gasteiger partial charge in [-0.1, -0.05) is 22.2 Å². The predicted molar refractivity (Wildman–Crippen MR) is 91.7 cm³/mol. The number of aromatic nitrogens is 2. The van der Waals surface area contributed by atoms with Crippen molar-refractivity contribution < 1.29 is 29.0 Å². The van der Waals surface area contributed by atoms with Crippen LogP contribution >= 0.6 is 0 Å². The van der Waals surface area contributed by atoms with E-state index in [2.05, 4.69) is 22.2 Å². The lowest BCUT2D eigenvalue weighted by Crippen LogP contribution is -2.39. The SMILES string of the molecule is O/N=C/c1cccc[n+]1COCC#CCOC[n+]1ccccc1/C=N/O. The number of nitrogens with zero attached hydrogens (tertiary/aromatic N) is 4.